The van der Waals surface area contributed by atoms with Gasteiger partial charge in [-0.15, -0.1) is 0 Å². The predicted octanol–water partition coefficient (Wildman–Crippen LogP) is 2.47. The fourth-order valence-electron chi connectivity index (χ4n) is 2.90. The highest BCUT2D eigenvalue weighted by Crippen LogP contribution is 2.22. The highest BCUT2D eigenvalue weighted by molar-refractivity contribution is 5.70. The molecule has 0 aliphatic carbocycles. The minimum Gasteiger partial charge on any atom is -0.481 e. The standard InChI is InChI=1S/C17H21N3O3/c21-17(22)11-13-2-1-3-14(10-13)18-12-16-4-7-19-20(16)15-5-8-23-9-6-15/h1-4,7,10,15,18H,5-6,8-9,11-12H2,(H,21,22). The Bertz CT molecular complexity index is 663. The molecule has 2 aromatic rings. The van der Waals surface area contributed by atoms with E-state index < -0.39 is 5.97 Å². The van der Waals surface area contributed by atoms with Crippen molar-refractivity contribution in [1.29, 1.82) is 0 Å². The van der Waals surface area contributed by atoms with Gasteiger partial charge in [0.2, 0.25) is 0 Å². The molecule has 1 aliphatic heterocycles. The molecule has 6 nitrogen and oxygen atoms in total. The summed E-state index contributed by atoms with van der Waals surface area (Å²) in [6.07, 6.45) is 3.84. The second kappa shape index (κ2) is 7.28. The number of anilines is 1. The van der Waals surface area contributed by atoms with Crippen molar-refractivity contribution in [2.24, 2.45) is 0 Å². The second-order valence-corrected chi connectivity index (χ2v) is 5.74. The Morgan fingerprint density at radius 1 is 1.35 bits per heavy atom. The summed E-state index contributed by atoms with van der Waals surface area (Å²) >= 11 is 0. The summed E-state index contributed by atoms with van der Waals surface area (Å²) in [7, 11) is 0. The van der Waals surface area contributed by atoms with Crippen LogP contribution in [-0.2, 0) is 22.5 Å². The molecule has 3 rings (SSSR count). The van der Waals surface area contributed by atoms with Gasteiger partial charge in [0.1, 0.15) is 0 Å². The second-order valence-electron chi connectivity index (χ2n) is 5.74. The van der Waals surface area contributed by atoms with Gasteiger partial charge in [-0.25, -0.2) is 0 Å². The SMILES string of the molecule is O=C(O)Cc1cccc(NCc2ccnn2C2CCOCC2)c1. The van der Waals surface area contributed by atoms with Crippen LogP contribution in [0.15, 0.2) is 36.5 Å². The van der Waals surface area contributed by atoms with Crippen LogP contribution in [0.3, 0.4) is 0 Å². The third-order valence-corrected chi connectivity index (χ3v) is 4.04. The topological polar surface area (TPSA) is 76.4 Å². The van der Waals surface area contributed by atoms with Crippen LogP contribution >= 0.6 is 0 Å². The number of carboxylic acid groups (broad SMARTS) is 1. The average molecular weight is 315 g/mol. The van der Waals surface area contributed by atoms with Crippen molar-refractivity contribution >= 4 is 11.7 Å². The first-order chi connectivity index (χ1) is 11.2. The number of nitrogens with one attached hydrogen (secondary N) is 1. The lowest BCUT2D eigenvalue weighted by molar-refractivity contribution is -0.136. The number of ether oxygens (including phenoxy) is 1. The Balaban J connectivity index is 1.64. The molecule has 1 saturated heterocycles. The maximum atomic E-state index is 10.8. The van der Waals surface area contributed by atoms with E-state index in [-0.39, 0.29) is 6.42 Å². The molecule has 6 heteroatoms. The fraction of sp³-hybridized carbons (Fsp3) is 0.412. The van der Waals surface area contributed by atoms with E-state index >= 15 is 0 Å². The van der Waals surface area contributed by atoms with E-state index in [1.807, 2.05) is 36.5 Å². The lowest BCUT2D eigenvalue weighted by Gasteiger charge is -2.24. The van der Waals surface area contributed by atoms with Gasteiger partial charge in [0.05, 0.1) is 24.7 Å². The Morgan fingerprint density at radius 3 is 2.96 bits per heavy atom. The predicted molar refractivity (Wildman–Crippen MR) is 86.4 cm³/mol. The van der Waals surface area contributed by atoms with Gasteiger partial charge in [0.15, 0.2) is 0 Å². The highest BCUT2D eigenvalue weighted by atomic mass is 16.5. The Labute approximate surface area is 135 Å². The van der Waals surface area contributed by atoms with Gasteiger partial charge < -0.3 is 15.2 Å². The molecule has 122 valence electrons. The van der Waals surface area contributed by atoms with Crippen molar-refractivity contribution in [2.75, 3.05) is 18.5 Å². The molecule has 0 unspecified atom stereocenters. The van der Waals surface area contributed by atoms with Gasteiger partial charge in [-0.2, -0.15) is 5.10 Å². The smallest absolute Gasteiger partial charge is 0.307 e. The lowest BCUT2D eigenvalue weighted by atomic mass is 10.1. The van der Waals surface area contributed by atoms with Crippen LogP contribution in [-0.4, -0.2) is 34.1 Å². The molecule has 0 amide bonds. The molecule has 0 bridgehead atoms. The molecular weight excluding hydrogens is 294 g/mol. The quantitative estimate of drug-likeness (QED) is 0.856. The van der Waals surface area contributed by atoms with E-state index in [2.05, 4.69) is 15.1 Å². The molecule has 2 N–H and O–H groups in total. The molecule has 1 fully saturated rings. The highest BCUT2D eigenvalue weighted by Gasteiger charge is 2.18. The van der Waals surface area contributed by atoms with Crippen molar-refractivity contribution in [3.05, 3.63) is 47.8 Å². The van der Waals surface area contributed by atoms with Crippen LogP contribution in [0.4, 0.5) is 5.69 Å². The van der Waals surface area contributed by atoms with Crippen LogP contribution in [0.1, 0.15) is 30.1 Å². The number of hydrogen-bond acceptors (Lipinski definition) is 4. The molecule has 1 aromatic carbocycles. The van der Waals surface area contributed by atoms with E-state index in [1.165, 1.54) is 0 Å². The molecule has 0 spiro atoms. The van der Waals surface area contributed by atoms with Crippen molar-refractivity contribution in [2.45, 2.75) is 31.8 Å². The van der Waals surface area contributed by atoms with Crippen molar-refractivity contribution in [3.8, 4) is 0 Å². The van der Waals surface area contributed by atoms with E-state index in [1.54, 1.807) is 0 Å². The van der Waals surface area contributed by atoms with Crippen molar-refractivity contribution in [3.63, 3.8) is 0 Å². The number of nitrogens with zero attached hydrogens (tertiary/aromatic N) is 2. The van der Waals surface area contributed by atoms with Gasteiger partial charge in [-0.1, -0.05) is 12.1 Å². The summed E-state index contributed by atoms with van der Waals surface area (Å²) in [5.41, 5.74) is 2.84. The summed E-state index contributed by atoms with van der Waals surface area (Å²) in [6, 6.07) is 9.93. The number of hydrogen-bond donors (Lipinski definition) is 2. The van der Waals surface area contributed by atoms with Gasteiger partial charge >= 0.3 is 5.97 Å². The molecule has 1 aromatic heterocycles. The van der Waals surface area contributed by atoms with Crippen LogP contribution in [0.25, 0.3) is 0 Å². The normalized spacial score (nSPS) is 15.5. The first-order valence-electron chi connectivity index (χ1n) is 7.87. The third kappa shape index (κ3) is 4.10. The van der Waals surface area contributed by atoms with E-state index in [0.29, 0.717) is 12.6 Å². The number of carboxylic acids is 1. The average Bonchev–Trinajstić information content (AvgIpc) is 3.02. The van der Waals surface area contributed by atoms with Crippen LogP contribution in [0, 0.1) is 0 Å². The monoisotopic (exact) mass is 315 g/mol. The maximum Gasteiger partial charge on any atom is 0.307 e. The number of benzene rings is 1. The van der Waals surface area contributed by atoms with Gasteiger partial charge in [0.25, 0.3) is 0 Å². The minimum atomic E-state index is -0.820. The lowest BCUT2D eigenvalue weighted by Crippen LogP contribution is -2.22. The zero-order valence-corrected chi connectivity index (χ0v) is 12.9. The zero-order chi connectivity index (χ0) is 16.1. The number of rotatable bonds is 6. The molecule has 1 aliphatic rings. The number of aliphatic carboxylic acids is 1. The van der Waals surface area contributed by atoms with Crippen molar-refractivity contribution < 1.29 is 14.6 Å². The zero-order valence-electron chi connectivity index (χ0n) is 12.9. The molecular formula is C17H21N3O3. The molecule has 0 radical (unpaired) electrons. The molecule has 0 saturated carbocycles. The molecule has 2 heterocycles. The number of carbonyl (C=O) groups is 1. The Kier molecular flexibility index (Phi) is 4.92. The van der Waals surface area contributed by atoms with E-state index in [9.17, 15) is 4.79 Å². The maximum absolute atomic E-state index is 10.8. The minimum absolute atomic E-state index is 0.0372. The van der Waals surface area contributed by atoms with Crippen LogP contribution in [0.2, 0.25) is 0 Å². The number of aromatic nitrogens is 2. The van der Waals surface area contributed by atoms with Crippen molar-refractivity contribution in [1.82, 2.24) is 9.78 Å². The molecule has 0 atom stereocenters. The first kappa shape index (κ1) is 15.6. The summed E-state index contributed by atoms with van der Waals surface area (Å²) in [4.78, 5) is 10.8. The van der Waals surface area contributed by atoms with Gasteiger partial charge in [-0.3, -0.25) is 9.48 Å². The van der Waals surface area contributed by atoms with Crippen LogP contribution in [0.5, 0.6) is 0 Å². The molecule has 23 heavy (non-hydrogen) atoms. The first-order valence-corrected chi connectivity index (χ1v) is 7.87. The van der Waals surface area contributed by atoms with E-state index in [4.69, 9.17) is 9.84 Å². The summed E-state index contributed by atoms with van der Waals surface area (Å²) < 4.78 is 7.49. The van der Waals surface area contributed by atoms with Crippen LogP contribution < -0.4 is 5.32 Å². The largest absolute Gasteiger partial charge is 0.481 e. The third-order valence-electron chi connectivity index (χ3n) is 4.04. The fourth-order valence-corrected chi connectivity index (χ4v) is 2.90. The summed E-state index contributed by atoms with van der Waals surface area (Å²) in [5.74, 6) is -0.820. The van der Waals surface area contributed by atoms with Gasteiger partial charge in [-0.05, 0) is 36.6 Å². The van der Waals surface area contributed by atoms with Gasteiger partial charge in [0, 0.05) is 25.1 Å². The Hall–Kier alpha value is -2.34. The summed E-state index contributed by atoms with van der Waals surface area (Å²) in [6.45, 7) is 2.23. The Morgan fingerprint density at radius 2 is 2.17 bits per heavy atom. The van der Waals surface area contributed by atoms with E-state index in [0.717, 1.165) is 43.0 Å². The summed E-state index contributed by atoms with van der Waals surface area (Å²) in [5, 5.41) is 16.7.